The van der Waals surface area contributed by atoms with Crippen molar-refractivity contribution in [3.8, 4) is 0 Å². The molecule has 126 valence electrons. The van der Waals surface area contributed by atoms with Gasteiger partial charge in [0.2, 0.25) is 6.29 Å². The second kappa shape index (κ2) is 6.55. The third-order valence-electron chi connectivity index (χ3n) is 3.06. The summed E-state index contributed by atoms with van der Waals surface area (Å²) in [5.41, 5.74) is 1.44. The van der Waals surface area contributed by atoms with E-state index in [1.54, 1.807) is 30.3 Å². The molecule has 2 atom stereocenters. The van der Waals surface area contributed by atoms with Crippen molar-refractivity contribution in [2.45, 2.75) is 38.0 Å². The zero-order valence-electron chi connectivity index (χ0n) is 12.1. The Morgan fingerprint density at radius 2 is 1.87 bits per heavy atom. The van der Waals surface area contributed by atoms with E-state index in [1.165, 1.54) is 0 Å². The lowest BCUT2D eigenvalue weighted by Gasteiger charge is -2.22. The normalized spacial score (nSPS) is 26.4. The van der Waals surface area contributed by atoms with Gasteiger partial charge in [0.05, 0.1) is 24.3 Å². The summed E-state index contributed by atoms with van der Waals surface area (Å²) in [6.07, 6.45) is -5.67. The van der Waals surface area contributed by atoms with Crippen molar-refractivity contribution in [3.63, 3.8) is 0 Å². The van der Waals surface area contributed by atoms with E-state index in [2.05, 4.69) is 20.0 Å². The average Bonchev–Trinajstić information content (AvgIpc) is 3.07. The van der Waals surface area contributed by atoms with E-state index in [-0.39, 0.29) is 5.71 Å². The number of alkyl halides is 3. The van der Waals surface area contributed by atoms with Gasteiger partial charge in [-0.15, -0.1) is 0 Å². The molecule has 2 aliphatic heterocycles. The minimum absolute atomic E-state index is 0.0837. The highest BCUT2D eigenvalue weighted by atomic mass is 19.4. The average molecular weight is 332 g/mol. The van der Waals surface area contributed by atoms with Crippen LogP contribution >= 0.6 is 0 Å². The molecule has 3 rings (SSSR count). The van der Waals surface area contributed by atoms with Crippen LogP contribution in [-0.2, 0) is 9.68 Å². The van der Waals surface area contributed by atoms with Crippen molar-refractivity contribution in [1.29, 1.82) is 0 Å². The Kier molecular flexibility index (Phi) is 4.90. The number of aliphatic hydroxyl groups is 2. The number of rotatable bonds is 1. The summed E-state index contributed by atoms with van der Waals surface area (Å²) in [7, 11) is 0. The molecule has 23 heavy (non-hydrogen) atoms. The molecule has 6 nitrogen and oxygen atoms in total. The number of benzene rings is 1. The van der Waals surface area contributed by atoms with Gasteiger partial charge >= 0.3 is 12.0 Å². The number of aliphatic hydroxyl groups excluding tert-OH is 1. The largest absolute Gasteiger partial charge is 0.458 e. The van der Waals surface area contributed by atoms with Crippen LogP contribution in [0.2, 0.25) is 0 Å². The Morgan fingerprint density at radius 1 is 1.22 bits per heavy atom. The van der Waals surface area contributed by atoms with Crippen LogP contribution in [0.5, 0.6) is 0 Å². The quantitative estimate of drug-likeness (QED) is 0.825. The maximum Gasteiger partial charge on any atom is 0.458 e. The molecule has 0 radical (unpaired) electrons. The third-order valence-corrected chi connectivity index (χ3v) is 3.06. The minimum Gasteiger partial charge on any atom is -0.364 e. The van der Waals surface area contributed by atoms with E-state index in [0.717, 1.165) is 5.71 Å². The lowest BCUT2D eigenvalue weighted by atomic mass is 10.0. The van der Waals surface area contributed by atoms with E-state index in [4.69, 9.17) is 5.11 Å². The van der Waals surface area contributed by atoms with Crippen LogP contribution in [-0.4, -0.2) is 39.9 Å². The highest BCUT2D eigenvalue weighted by Crippen LogP contribution is 2.38. The molecular formula is C14H15F3N2O4. The van der Waals surface area contributed by atoms with E-state index in [1.807, 2.05) is 6.92 Å². The van der Waals surface area contributed by atoms with Gasteiger partial charge in [0.1, 0.15) is 0 Å². The van der Waals surface area contributed by atoms with E-state index in [9.17, 15) is 18.3 Å². The Labute approximate surface area is 129 Å². The fraction of sp³-hybridized carbons (Fsp3) is 0.429. The van der Waals surface area contributed by atoms with Crippen molar-refractivity contribution < 1.29 is 33.1 Å². The Morgan fingerprint density at radius 3 is 2.26 bits per heavy atom. The van der Waals surface area contributed by atoms with Crippen LogP contribution < -0.4 is 0 Å². The van der Waals surface area contributed by atoms with Crippen molar-refractivity contribution in [2.24, 2.45) is 10.3 Å². The van der Waals surface area contributed by atoms with Gasteiger partial charge in [-0.05, 0) is 12.5 Å². The van der Waals surface area contributed by atoms with Gasteiger partial charge in [-0.2, -0.15) is 13.2 Å². The first-order valence-corrected chi connectivity index (χ1v) is 6.68. The van der Waals surface area contributed by atoms with Gasteiger partial charge in [0.15, 0.2) is 0 Å². The first-order chi connectivity index (χ1) is 10.7. The fourth-order valence-corrected chi connectivity index (χ4v) is 1.84. The number of halogens is 3. The summed E-state index contributed by atoms with van der Waals surface area (Å²) in [5, 5.41) is 24.5. The Hall–Kier alpha value is -2.13. The van der Waals surface area contributed by atoms with E-state index in [0.29, 0.717) is 12.0 Å². The summed E-state index contributed by atoms with van der Waals surface area (Å²) >= 11 is 0. The standard InChI is InChI=1S/C10H8F3NO2.C4H7NO2/c11-10(12,13)9(15)6-8(14-16-9)7-4-2-1-3-5-7;1-3-2-4(6)7-5-3/h1-5,15H,6H2;4,6H,2H2,1H3. The third kappa shape index (κ3) is 4.20. The Balaban J connectivity index is 0.000000229. The molecule has 1 aromatic carbocycles. The molecule has 2 aliphatic rings. The molecule has 9 heteroatoms. The zero-order chi connectivity index (χ0) is 17.1. The van der Waals surface area contributed by atoms with Crippen LogP contribution in [0.15, 0.2) is 40.6 Å². The fourth-order valence-electron chi connectivity index (χ4n) is 1.84. The summed E-state index contributed by atoms with van der Waals surface area (Å²) in [6, 6.07) is 8.27. The van der Waals surface area contributed by atoms with E-state index >= 15 is 0 Å². The van der Waals surface area contributed by atoms with Gasteiger partial charge in [0, 0.05) is 0 Å². The van der Waals surface area contributed by atoms with Crippen molar-refractivity contribution in [3.05, 3.63) is 35.9 Å². The zero-order valence-corrected chi connectivity index (χ0v) is 12.1. The Bertz CT molecular complexity index is 604. The summed E-state index contributed by atoms with van der Waals surface area (Å²) in [4.78, 5) is 8.50. The summed E-state index contributed by atoms with van der Waals surface area (Å²) < 4.78 is 37.2. The first kappa shape index (κ1) is 17.2. The van der Waals surface area contributed by atoms with Crippen LogP contribution in [0.25, 0.3) is 0 Å². The van der Waals surface area contributed by atoms with Crippen molar-refractivity contribution in [1.82, 2.24) is 0 Å². The number of hydrogen-bond donors (Lipinski definition) is 2. The molecular weight excluding hydrogens is 317 g/mol. The molecule has 0 saturated heterocycles. The molecule has 2 N–H and O–H groups in total. The molecule has 0 aliphatic carbocycles. The van der Waals surface area contributed by atoms with Gasteiger partial charge < -0.3 is 19.9 Å². The van der Waals surface area contributed by atoms with E-state index < -0.39 is 24.7 Å². The second-order valence-electron chi connectivity index (χ2n) is 5.04. The van der Waals surface area contributed by atoms with Gasteiger partial charge in [0.25, 0.3) is 0 Å². The van der Waals surface area contributed by atoms with Crippen LogP contribution in [0.3, 0.4) is 0 Å². The molecule has 0 saturated carbocycles. The molecule has 0 bridgehead atoms. The number of nitrogens with zero attached hydrogens (tertiary/aromatic N) is 2. The number of oxime groups is 2. The SMILES string of the molecule is CC1=NOC(O)C1.OC1(C(F)(F)F)CC(c2ccccc2)=NO1. The second-order valence-corrected chi connectivity index (χ2v) is 5.04. The molecule has 2 unspecified atom stereocenters. The van der Waals surface area contributed by atoms with Crippen LogP contribution in [0, 0.1) is 0 Å². The smallest absolute Gasteiger partial charge is 0.364 e. The maximum absolute atomic E-state index is 12.4. The monoisotopic (exact) mass is 332 g/mol. The highest BCUT2D eigenvalue weighted by Gasteiger charge is 2.60. The van der Waals surface area contributed by atoms with Gasteiger partial charge in [-0.3, -0.25) is 0 Å². The molecule has 0 amide bonds. The lowest BCUT2D eigenvalue weighted by Crippen LogP contribution is -2.45. The van der Waals surface area contributed by atoms with Crippen LogP contribution in [0.1, 0.15) is 25.3 Å². The molecule has 0 fully saturated rings. The molecule has 0 spiro atoms. The first-order valence-electron chi connectivity index (χ1n) is 6.68. The van der Waals surface area contributed by atoms with Crippen molar-refractivity contribution in [2.75, 3.05) is 0 Å². The predicted molar refractivity (Wildman–Crippen MR) is 74.5 cm³/mol. The van der Waals surface area contributed by atoms with Crippen molar-refractivity contribution >= 4 is 11.4 Å². The van der Waals surface area contributed by atoms with Gasteiger partial charge in [-0.1, -0.05) is 40.6 Å². The lowest BCUT2D eigenvalue weighted by molar-refractivity contribution is -0.355. The molecule has 0 aromatic heterocycles. The minimum atomic E-state index is -4.85. The highest BCUT2D eigenvalue weighted by molar-refractivity contribution is 6.01. The number of hydrogen-bond acceptors (Lipinski definition) is 6. The molecule has 1 aromatic rings. The van der Waals surface area contributed by atoms with Crippen LogP contribution in [0.4, 0.5) is 13.2 Å². The summed E-state index contributed by atoms with van der Waals surface area (Å²) in [6.45, 7) is 1.82. The summed E-state index contributed by atoms with van der Waals surface area (Å²) in [5.74, 6) is -3.20. The topological polar surface area (TPSA) is 83.6 Å². The maximum atomic E-state index is 12.4. The van der Waals surface area contributed by atoms with Gasteiger partial charge in [-0.25, -0.2) is 0 Å². The predicted octanol–water partition coefficient (Wildman–Crippen LogP) is 2.16. The molecule has 2 heterocycles.